The van der Waals surface area contributed by atoms with Crippen LogP contribution in [-0.2, 0) is 4.79 Å². The zero-order chi connectivity index (χ0) is 21.3. The van der Waals surface area contributed by atoms with Gasteiger partial charge in [-0.25, -0.2) is 4.90 Å². The van der Waals surface area contributed by atoms with Crippen molar-refractivity contribution in [2.24, 2.45) is 0 Å². The maximum atomic E-state index is 13.2. The van der Waals surface area contributed by atoms with Gasteiger partial charge in [0, 0.05) is 17.8 Å². The molecule has 2 aromatic carbocycles. The molecule has 3 aromatic rings. The highest BCUT2D eigenvalue weighted by molar-refractivity contribution is 7.99. The lowest BCUT2D eigenvalue weighted by Crippen LogP contribution is -2.60. The second-order valence-corrected chi connectivity index (χ2v) is 8.01. The standard InChI is InChI=1S/C22H22N4O3S/c1-4-13-30-22-23-20(28)19-15-9-5-7-11-17(15)25(14(2)27)21(26(19)24-22)16-10-6-8-12-18(16)29-3/h5-12,21H,4,13H2,1-3H3/p+1/t21-/m0/s1. The number of methoxy groups -OCH3 is 1. The predicted molar refractivity (Wildman–Crippen MR) is 116 cm³/mol. The Bertz CT molecular complexity index is 1160. The molecule has 0 bridgehead atoms. The van der Waals surface area contributed by atoms with Crippen molar-refractivity contribution in [3.63, 3.8) is 0 Å². The number of hydrogen-bond donors (Lipinski definition) is 1. The molecule has 7 nitrogen and oxygen atoms in total. The van der Waals surface area contributed by atoms with Crippen molar-refractivity contribution in [1.29, 1.82) is 0 Å². The minimum absolute atomic E-state index is 0.152. The third kappa shape index (κ3) is 3.37. The van der Waals surface area contributed by atoms with Crippen LogP contribution in [-0.4, -0.2) is 28.9 Å². The zero-order valence-electron chi connectivity index (χ0n) is 17.1. The average molecular weight is 424 g/mol. The van der Waals surface area contributed by atoms with Crippen LogP contribution in [0.1, 0.15) is 32.0 Å². The average Bonchev–Trinajstić information content (AvgIpc) is 2.76. The highest BCUT2D eigenvalue weighted by Crippen LogP contribution is 2.39. The lowest BCUT2D eigenvalue weighted by Gasteiger charge is -2.31. The number of benzene rings is 2. The monoisotopic (exact) mass is 423 g/mol. The van der Waals surface area contributed by atoms with E-state index in [1.54, 1.807) is 16.7 Å². The molecule has 1 N–H and O–H groups in total. The lowest BCUT2D eigenvalue weighted by atomic mass is 10.0. The predicted octanol–water partition coefficient (Wildman–Crippen LogP) is 3.15. The number of rotatable bonds is 5. The second-order valence-electron chi connectivity index (χ2n) is 6.92. The van der Waals surface area contributed by atoms with Crippen molar-refractivity contribution < 1.29 is 14.2 Å². The summed E-state index contributed by atoms with van der Waals surface area (Å²) >= 11 is 1.48. The number of hydrogen-bond acceptors (Lipinski definition) is 5. The van der Waals surface area contributed by atoms with Gasteiger partial charge in [0.15, 0.2) is 0 Å². The number of fused-ring (bicyclic) bond motifs is 3. The number of H-pyrrole nitrogens is 1. The van der Waals surface area contributed by atoms with Crippen molar-refractivity contribution in [2.75, 3.05) is 17.8 Å². The molecular weight excluding hydrogens is 400 g/mol. The first kappa shape index (κ1) is 20.2. The molecular formula is C22H23N4O3S+. The van der Waals surface area contributed by atoms with E-state index in [0.717, 1.165) is 17.7 Å². The normalized spacial score (nSPS) is 14.8. The first-order valence-electron chi connectivity index (χ1n) is 9.77. The van der Waals surface area contributed by atoms with Crippen molar-refractivity contribution in [3.05, 3.63) is 64.4 Å². The van der Waals surface area contributed by atoms with Crippen LogP contribution < -0.4 is 19.9 Å². The van der Waals surface area contributed by atoms with Gasteiger partial charge in [0.2, 0.25) is 11.1 Å². The quantitative estimate of drug-likeness (QED) is 0.504. The Balaban J connectivity index is 2.05. The first-order valence-corrected chi connectivity index (χ1v) is 10.8. The van der Waals surface area contributed by atoms with E-state index in [1.807, 2.05) is 48.5 Å². The van der Waals surface area contributed by atoms with Crippen LogP contribution >= 0.6 is 11.8 Å². The smallest absolute Gasteiger partial charge is 0.325 e. The van der Waals surface area contributed by atoms with Gasteiger partial charge in [-0.2, -0.15) is 0 Å². The number of thioether (sulfide) groups is 1. The molecule has 8 heteroatoms. The van der Waals surface area contributed by atoms with Crippen LogP contribution in [0.5, 0.6) is 5.75 Å². The third-order valence-corrected chi connectivity index (χ3v) is 6.03. The molecule has 0 saturated carbocycles. The van der Waals surface area contributed by atoms with Crippen molar-refractivity contribution in [3.8, 4) is 17.0 Å². The van der Waals surface area contributed by atoms with E-state index < -0.39 is 6.17 Å². The maximum Gasteiger partial charge on any atom is 0.325 e. The first-order chi connectivity index (χ1) is 14.6. The highest BCUT2D eigenvalue weighted by atomic mass is 32.2. The Morgan fingerprint density at radius 3 is 2.70 bits per heavy atom. The molecule has 2 heterocycles. The molecule has 1 aromatic heterocycles. The van der Waals surface area contributed by atoms with Crippen molar-refractivity contribution >= 4 is 23.4 Å². The summed E-state index contributed by atoms with van der Waals surface area (Å²) in [4.78, 5) is 30.6. The van der Waals surface area contributed by atoms with Gasteiger partial charge in [-0.05, 0) is 35.4 Å². The van der Waals surface area contributed by atoms with E-state index in [2.05, 4.69) is 11.9 Å². The van der Waals surface area contributed by atoms with Gasteiger partial charge in [0.1, 0.15) is 5.75 Å². The maximum absolute atomic E-state index is 13.2. The summed E-state index contributed by atoms with van der Waals surface area (Å²) in [5, 5.41) is 5.27. The molecule has 0 unspecified atom stereocenters. The molecule has 1 amide bonds. The molecule has 0 spiro atoms. The SMILES string of the molecule is CCCSc1n[n+]2c(c(=O)[nH]1)-c1ccccc1N(C(C)=O)[C@@H]2c1ccccc1OC. The molecule has 30 heavy (non-hydrogen) atoms. The van der Waals surface area contributed by atoms with E-state index in [0.29, 0.717) is 27.9 Å². The third-order valence-electron chi connectivity index (χ3n) is 4.96. The molecule has 4 rings (SSSR count). The van der Waals surface area contributed by atoms with Gasteiger partial charge >= 0.3 is 11.3 Å². The number of anilines is 1. The van der Waals surface area contributed by atoms with Crippen LogP contribution in [0.25, 0.3) is 11.3 Å². The summed E-state index contributed by atoms with van der Waals surface area (Å²) in [5.41, 5.74) is 2.27. The Hall–Kier alpha value is -3.13. The van der Waals surface area contributed by atoms with Gasteiger partial charge in [-0.1, -0.05) is 43.0 Å². The Morgan fingerprint density at radius 2 is 1.97 bits per heavy atom. The second kappa shape index (κ2) is 8.31. The minimum Gasteiger partial charge on any atom is -0.496 e. The van der Waals surface area contributed by atoms with E-state index >= 15 is 0 Å². The van der Waals surface area contributed by atoms with Crippen molar-refractivity contribution in [2.45, 2.75) is 31.6 Å². The fourth-order valence-electron chi connectivity index (χ4n) is 3.74. The number of amides is 1. The highest BCUT2D eigenvalue weighted by Gasteiger charge is 2.45. The summed E-state index contributed by atoms with van der Waals surface area (Å²) in [5.74, 6) is 1.30. The molecule has 0 aliphatic carbocycles. The number of ether oxygens (including phenoxy) is 1. The van der Waals surface area contributed by atoms with Gasteiger partial charge in [0.05, 0.1) is 23.9 Å². The topological polar surface area (TPSA) is 79.2 Å². The van der Waals surface area contributed by atoms with Crippen molar-refractivity contribution in [1.82, 2.24) is 10.1 Å². The summed E-state index contributed by atoms with van der Waals surface area (Å²) in [6.45, 7) is 3.59. The lowest BCUT2D eigenvalue weighted by molar-refractivity contribution is -0.763. The van der Waals surface area contributed by atoms with Gasteiger partial charge in [-0.3, -0.25) is 14.6 Å². The van der Waals surface area contributed by atoms with E-state index in [-0.39, 0.29) is 11.5 Å². The summed E-state index contributed by atoms with van der Waals surface area (Å²) in [7, 11) is 1.59. The van der Waals surface area contributed by atoms with Gasteiger partial charge < -0.3 is 4.74 Å². The van der Waals surface area contributed by atoms with E-state index in [1.165, 1.54) is 18.7 Å². The fourth-order valence-corrected chi connectivity index (χ4v) is 4.45. The van der Waals surface area contributed by atoms with Gasteiger partial charge in [0.25, 0.3) is 6.17 Å². The minimum atomic E-state index is -0.646. The number of aromatic amines is 1. The number of carbonyl (C=O) groups is 1. The zero-order valence-corrected chi connectivity index (χ0v) is 17.9. The molecule has 0 fully saturated rings. The van der Waals surface area contributed by atoms with Crippen LogP contribution in [0, 0.1) is 0 Å². The number of para-hydroxylation sites is 2. The summed E-state index contributed by atoms with van der Waals surface area (Å²) in [6, 6.07) is 14.9. The Morgan fingerprint density at radius 1 is 1.23 bits per heavy atom. The number of nitrogens with zero attached hydrogens (tertiary/aromatic N) is 3. The molecule has 1 aliphatic rings. The van der Waals surface area contributed by atoms with E-state index in [4.69, 9.17) is 9.84 Å². The molecule has 0 saturated heterocycles. The fraction of sp³-hybridized carbons (Fsp3) is 0.273. The van der Waals surface area contributed by atoms with Crippen LogP contribution in [0.2, 0.25) is 0 Å². The van der Waals surface area contributed by atoms with Crippen LogP contribution in [0.3, 0.4) is 0 Å². The van der Waals surface area contributed by atoms with Gasteiger partial charge in [-0.15, -0.1) is 0 Å². The number of aromatic nitrogens is 3. The molecule has 1 atom stereocenters. The number of nitrogens with one attached hydrogen (secondary N) is 1. The summed E-state index contributed by atoms with van der Waals surface area (Å²) in [6.07, 6.45) is 0.306. The molecule has 0 radical (unpaired) electrons. The van der Waals surface area contributed by atoms with Crippen LogP contribution in [0.4, 0.5) is 5.69 Å². The van der Waals surface area contributed by atoms with E-state index in [9.17, 15) is 9.59 Å². The summed E-state index contributed by atoms with van der Waals surface area (Å²) < 4.78 is 7.24. The Labute approximate surface area is 178 Å². The van der Waals surface area contributed by atoms with Crippen LogP contribution in [0.15, 0.2) is 58.5 Å². The Kier molecular flexibility index (Phi) is 5.59. The molecule has 1 aliphatic heterocycles. The molecule has 154 valence electrons. The largest absolute Gasteiger partial charge is 0.496 e. The number of carbonyl (C=O) groups excluding carboxylic acids is 1.